The lowest BCUT2D eigenvalue weighted by Gasteiger charge is -2.31. The van der Waals surface area contributed by atoms with Gasteiger partial charge in [0.25, 0.3) is 5.91 Å². The molecule has 0 aliphatic carbocycles. The first-order valence-electron chi connectivity index (χ1n) is 6.22. The van der Waals surface area contributed by atoms with E-state index in [0.29, 0.717) is 0 Å². The molecule has 2 saturated heterocycles. The lowest BCUT2D eigenvalue weighted by Crippen LogP contribution is -2.45. The Morgan fingerprint density at radius 2 is 2.06 bits per heavy atom. The first-order chi connectivity index (χ1) is 8.04. The Labute approximate surface area is 103 Å². The molecular weight excluding hydrogens is 220 g/mol. The number of carbonyl (C=O) groups excluding carboxylic acids is 1. The number of hydrogen-bond donors (Lipinski definition) is 0. The standard InChI is InChI=1S/C12H22N2O3/c1-12(2)8-10(14(16-3)11(12)15)9-13-4-6-17-7-5-13/h10H,4-9H2,1-3H3. The zero-order valence-corrected chi connectivity index (χ0v) is 10.9. The van der Waals surface area contributed by atoms with E-state index in [1.54, 1.807) is 12.2 Å². The molecule has 0 bridgehead atoms. The van der Waals surface area contributed by atoms with E-state index in [9.17, 15) is 4.79 Å². The Bertz CT molecular complexity index is 287. The highest BCUT2D eigenvalue weighted by atomic mass is 16.7. The average molecular weight is 242 g/mol. The summed E-state index contributed by atoms with van der Waals surface area (Å²) in [5.41, 5.74) is -0.299. The summed E-state index contributed by atoms with van der Waals surface area (Å²) in [7, 11) is 1.58. The maximum absolute atomic E-state index is 12.1. The van der Waals surface area contributed by atoms with Gasteiger partial charge < -0.3 is 4.74 Å². The van der Waals surface area contributed by atoms with Gasteiger partial charge in [0.2, 0.25) is 0 Å². The van der Waals surface area contributed by atoms with E-state index in [-0.39, 0.29) is 17.4 Å². The van der Waals surface area contributed by atoms with Gasteiger partial charge in [-0.3, -0.25) is 14.5 Å². The van der Waals surface area contributed by atoms with Crippen LogP contribution >= 0.6 is 0 Å². The van der Waals surface area contributed by atoms with Crippen molar-refractivity contribution in [3.63, 3.8) is 0 Å². The van der Waals surface area contributed by atoms with Crippen molar-refractivity contribution >= 4 is 5.91 Å². The fourth-order valence-electron chi connectivity index (χ4n) is 2.68. The van der Waals surface area contributed by atoms with Crippen molar-refractivity contribution in [3.8, 4) is 0 Å². The van der Waals surface area contributed by atoms with Gasteiger partial charge in [-0.05, 0) is 6.42 Å². The van der Waals surface area contributed by atoms with Crippen LogP contribution in [0.15, 0.2) is 0 Å². The molecular formula is C12H22N2O3. The van der Waals surface area contributed by atoms with Gasteiger partial charge in [-0.1, -0.05) is 13.8 Å². The summed E-state index contributed by atoms with van der Waals surface area (Å²) in [5.74, 6) is 0.0956. The van der Waals surface area contributed by atoms with Crippen LogP contribution in [0.4, 0.5) is 0 Å². The molecule has 0 aromatic rings. The fourth-order valence-corrected chi connectivity index (χ4v) is 2.68. The van der Waals surface area contributed by atoms with Crippen LogP contribution in [0.1, 0.15) is 20.3 Å². The van der Waals surface area contributed by atoms with E-state index in [0.717, 1.165) is 39.3 Å². The molecule has 5 nitrogen and oxygen atoms in total. The molecule has 0 spiro atoms. The van der Waals surface area contributed by atoms with Gasteiger partial charge in [-0.15, -0.1) is 0 Å². The third kappa shape index (κ3) is 2.61. The molecule has 2 aliphatic heterocycles. The lowest BCUT2D eigenvalue weighted by molar-refractivity contribution is -0.183. The minimum atomic E-state index is -0.299. The van der Waals surface area contributed by atoms with Crippen molar-refractivity contribution in [3.05, 3.63) is 0 Å². The molecule has 2 fully saturated rings. The van der Waals surface area contributed by atoms with Crippen molar-refractivity contribution in [2.45, 2.75) is 26.3 Å². The molecule has 1 amide bonds. The predicted octanol–water partition coefficient (Wildman–Crippen LogP) is 0.507. The van der Waals surface area contributed by atoms with E-state index in [4.69, 9.17) is 9.57 Å². The van der Waals surface area contributed by atoms with E-state index in [1.165, 1.54) is 0 Å². The first kappa shape index (κ1) is 12.8. The van der Waals surface area contributed by atoms with Crippen molar-refractivity contribution in [2.24, 2.45) is 5.41 Å². The van der Waals surface area contributed by atoms with Gasteiger partial charge in [-0.25, -0.2) is 5.06 Å². The fraction of sp³-hybridized carbons (Fsp3) is 0.917. The molecule has 0 aromatic heterocycles. The van der Waals surface area contributed by atoms with E-state index in [1.807, 2.05) is 13.8 Å². The molecule has 0 radical (unpaired) electrons. The number of morpholine rings is 1. The van der Waals surface area contributed by atoms with Gasteiger partial charge >= 0.3 is 0 Å². The van der Waals surface area contributed by atoms with E-state index >= 15 is 0 Å². The lowest BCUT2D eigenvalue weighted by atomic mass is 9.90. The maximum atomic E-state index is 12.1. The summed E-state index contributed by atoms with van der Waals surface area (Å²) in [6, 6.07) is 0.167. The maximum Gasteiger partial charge on any atom is 0.252 e. The molecule has 1 atom stereocenters. The second-order valence-corrected chi connectivity index (χ2v) is 5.47. The minimum absolute atomic E-state index is 0.0956. The predicted molar refractivity (Wildman–Crippen MR) is 63.3 cm³/mol. The van der Waals surface area contributed by atoms with Crippen LogP contribution in [0.3, 0.4) is 0 Å². The van der Waals surface area contributed by atoms with Crippen molar-refractivity contribution < 1.29 is 14.4 Å². The Morgan fingerprint density at radius 1 is 1.41 bits per heavy atom. The normalized spacial score (nSPS) is 29.9. The van der Waals surface area contributed by atoms with Gasteiger partial charge in [0.15, 0.2) is 0 Å². The van der Waals surface area contributed by atoms with Gasteiger partial charge in [0.1, 0.15) is 0 Å². The molecule has 0 saturated carbocycles. The molecule has 0 aromatic carbocycles. The van der Waals surface area contributed by atoms with Crippen LogP contribution in [-0.2, 0) is 14.4 Å². The smallest absolute Gasteiger partial charge is 0.252 e. The number of nitrogens with zero attached hydrogens (tertiary/aromatic N) is 2. The zero-order valence-electron chi connectivity index (χ0n) is 10.9. The zero-order chi connectivity index (χ0) is 12.5. The molecule has 17 heavy (non-hydrogen) atoms. The number of amides is 1. The SMILES string of the molecule is CON1C(=O)C(C)(C)CC1CN1CCOCC1. The van der Waals surface area contributed by atoms with Crippen LogP contribution in [0.2, 0.25) is 0 Å². The second kappa shape index (κ2) is 4.92. The minimum Gasteiger partial charge on any atom is -0.379 e. The molecule has 2 heterocycles. The summed E-state index contributed by atoms with van der Waals surface area (Å²) in [6.45, 7) is 8.33. The summed E-state index contributed by atoms with van der Waals surface area (Å²) < 4.78 is 5.33. The summed E-state index contributed by atoms with van der Waals surface area (Å²) >= 11 is 0. The van der Waals surface area contributed by atoms with Crippen LogP contribution in [0.5, 0.6) is 0 Å². The average Bonchev–Trinajstić information content (AvgIpc) is 2.51. The molecule has 98 valence electrons. The Hall–Kier alpha value is -0.650. The van der Waals surface area contributed by atoms with E-state index in [2.05, 4.69) is 4.90 Å². The van der Waals surface area contributed by atoms with Crippen LogP contribution < -0.4 is 0 Å². The van der Waals surface area contributed by atoms with E-state index < -0.39 is 0 Å². The number of rotatable bonds is 3. The molecule has 5 heteroatoms. The molecule has 1 unspecified atom stereocenters. The quantitative estimate of drug-likeness (QED) is 0.723. The summed E-state index contributed by atoms with van der Waals surface area (Å²) in [6.07, 6.45) is 0.858. The number of hydrogen-bond acceptors (Lipinski definition) is 4. The third-order valence-corrected chi connectivity index (χ3v) is 3.63. The first-order valence-corrected chi connectivity index (χ1v) is 6.22. The number of hydroxylamine groups is 2. The summed E-state index contributed by atoms with van der Waals surface area (Å²) in [4.78, 5) is 19.6. The van der Waals surface area contributed by atoms with Gasteiger partial charge in [-0.2, -0.15) is 0 Å². The van der Waals surface area contributed by atoms with Gasteiger partial charge in [0, 0.05) is 25.0 Å². The Kier molecular flexibility index (Phi) is 3.70. The number of ether oxygens (including phenoxy) is 1. The largest absolute Gasteiger partial charge is 0.379 e. The number of carbonyl (C=O) groups is 1. The topological polar surface area (TPSA) is 42.0 Å². The third-order valence-electron chi connectivity index (χ3n) is 3.63. The highest BCUT2D eigenvalue weighted by molar-refractivity contribution is 5.83. The van der Waals surface area contributed by atoms with Crippen molar-refractivity contribution in [2.75, 3.05) is 40.0 Å². The van der Waals surface area contributed by atoms with Crippen LogP contribution in [0, 0.1) is 5.41 Å². The Balaban J connectivity index is 1.97. The summed E-state index contributed by atoms with van der Waals surface area (Å²) in [5, 5.41) is 1.55. The van der Waals surface area contributed by atoms with Crippen molar-refractivity contribution in [1.29, 1.82) is 0 Å². The monoisotopic (exact) mass is 242 g/mol. The van der Waals surface area contributed by atoms with Gasteiger partial charge in [0.05, 0.1) is 26.4 Å². The van der Waals surface area contributed by atoms with Crippen LogP contribution in [-0.4, -0.2) is 61.9 Å². The molecule has 0 N–H and O–H groups in total. The van der Waals surface area contributed by atoms with Crippen molar-refractivity contribution in [1.82, 2.24) is 9.96 Å². The Morgan fingerprint density at radius 3 is 2.65 bits per heavy atom. The molecule has 2 aliphatic rings. The second-order valence-electron chi connectivity index (χ2n) is 5.47. The highest BCUT2D eigenvalue weighted by Gasteiger charge is 2.46. The highest BCUT2D eigenvalue weighted by Crippen LogP contribution is 2.35. The molecule has 2 rings (SSSR count). The van der Waals surface area contributed by atoms with Crippen LogP contribution in [0.25, 0.3) is 0 Å².